The molecular formula is C30H63N15O4. The average molecular weight is 698 g/mol. The zero-order valence-corrected chi connectivity index (χ0v) is 29.6. The normalized spacial score (nSPS) is 14.0. The van der Waals surface area contributed by atoms with E-state index in [4.69, 9.17) is 45.9 Å². The minimum absolute atomic E-state index is 0.0114. The summed E-state index contributed by atoms with van der Waals surface area (Å²) in [7, 11) is 0. The molecule has 49 heavy (non-hydrogen) atoms. The number of aliphatic imine (C=N–C) groups is 3. The molecule has 0 rings (SSSR count). The van der Waals surface area contributed by atoms with Crippen LogP contribution >= 0.6 is 0 Å². The molecule has 0 heterocycles. The van der Waals surface area contributed by atoms with Gasteiger partial charge in [0.05, 0.1) is 6.04 Å². The first-order valence-electron chi connectivity index (χ1n) is 16.8. The zero-order chi connectivity index (χ0) is 37.5. The number of hydrogen-bond acceptors (Lipinski definition) is 9. The first-order valence-corrected chi connectivity index (χ1v) is 16.8. The number of rotatable bonds is 25. The molecule has 0 aliphatic heterocycles. The van der Waals surface area contributed by atoms with Gasteiger partial charge in [0.1, 0.15) is 18.1 Å². The summed E-state index contributed by atoms with van der Waals surface area (Å²) in [5, 5.41) is 11.2. The van der Waals surface area contributed by atoms with Crippen LogP contribution in [0.1, 0.15) is 79.1 Å². The van der Waals surface area contributed by atoms with Crippen molar-refractivity contribution in [3.05, 3.63) is 0 Å². The Morgan fingerprint density at radius 1 is 0.531 bits per heavy atom. The standard InChI is InChI=1S/C30H63N15O4/c1-17(2)14-22(26(48)42-19(16-31)8-5-11-39-28(33)34)45-25(47)21(10-7-13-41-30(37)38)43-27(49)23(15-18(3)4)44-24(46)20(32)9-6-12-40-29(35)36/h17-23H,5-16,31-32H2,1-4H3,(H,42,48)(H,43,49)(H,44,46)(H,45,47)(H4,33,34,39)(H4,35,36,40)(H4,37,38,41). The molecule has 0 radical (unpaired) electrons. The van der Waals surface area contributed by atoms with Gasteiger partial charge >= 0.3 is 0 Å². The molecule has 0 aromatic carbocycles. The Balaban J connectivity index is 5.90. The molecule has 0 saturated heterocycles. The maximum Gasteiger partial charge on any atom is 0.243 e. The van der Waals surface area contributed by atoms with Gasteiger partial charge in [-0.2, -0.15) is 0 Å². The van der Waals surface area contributed by atoms with Gasteiger partial charge in [-0.25, -0.2) is 0 Å². The van der Waals surface area contributed by atoms with E-state index in [1.54, 1.807) is 0 Å². The summed E-state index contributed by atoms with van der Waals surface area (Å²) < 4.78 is 0. The Kier molecular flexibility index (Phi) is 22.5. The van der Waals surface area contributed by atoms with E-state index in [9.17, 15) is 19.2 Å². The SMILES string of the molecule is CC(C)CC(NC(=O)C(N)CCCN=C(N)N)C(=O)NC(CCCN=C(N)N)C(=O)NC(CC(C)C)C(=O)NC(CN)CCCN=C(N)N. The second-order valence-electron chi connectivity index (χ2n) is 12.8. The highest BCUT2D eigenvalue weighted by Crippen LogP contribution is 2.11. The average Bonchev–Trinajstić information content (AvgIpc) is 3.00. The largest absolute Gasteiger partial charge is 0.370 e. The van der Waals surface area contributed by atoms with Crippen molar-refractivity contribution in [2.75, 3.05) is 26.2 Å². The Morgan fingerprint density at radius 3 is 1.33 bits per heavy atom. The fourth-order valence-electron chi connectivity index (χ4n) is 4.75. The number of amides is 4. The first kappa shape index (κ1) is 44.6. The van der Waals surface area contributed by atoms with Crippen LogP contribution < -0.4 is 67.1 Å². The van der Waals surface area contributed by atoms with E-state index in [-0.39, 0.29) is 68.1 Å². The molecular weight excluding hydrogens is 634 g/mol. The van der Waals surface area contributed by atoms with Crippen LogP contribution in [0, 0.1) is 11.8 Å². The number of nitrogens with two attached hydrogens (primary N) is 8. The van der Waals surface area contributed by atoms with E-state index >= 15 is 0 Å². The third-order valence-corrected chi connectivity index (χ3v) is 7.20. The van der Waals surface area contributed by atoms with Crippen molar-refractivity contribution >= 4 is 41.5 Å². The maximum absolute atomic E-state index is 13.7. The van der Waals surface area contributed by atoms with Gasteiger partial charge in [0.15, 0.2) is 17.9 Å². The second-order valence-corrected chi connectivity index (χ2v) is 12.8. The summed E-state index contributed by atoms with van der Waals surface area (Å²) in [5.41, 5.74) is 44.3. The summed E-state index contributed by atoms with van der Waals surface area (Å²) in [6.45, 7) is 8.68. The molecule has 19 heteroatoms. The van der Waals surface area contributed by atoms with Gasteiger partial charge in [0.2, 0.25) is 23.6 Å². The van der Waals surface area contributed by atoms with Gasteiger partial charge in [-0.05, 0) is 63.2 Å². The van der Waals surface area contributed by atoms with Crippen molar-refractivity contribution in [3.8, 4) is 0 Å². The van der Waals surface area contributed by atoms with Crippen molar-refractivity contribution in [3.63, 3.8) is 0 Å². The molecule has 0 saturated carbocycles. The van der Waals surface area contributed by atoms with Crippen molar-refractivity contribution in [1.29, 1.82) is 0 Å². The molecule has 0 aromatic rings. The van der Waals surface area contributed by atoms with Crippen LogP contribution in [0.4, 0.5) is 0 Å². The van der Waals surface area contributed by atoms with Crippen LogP contribution in [0.15, 0.2) is 15.0 Å². The Labute approximate surface area is 290 Å². The van der Waals surface area contributed by atoms with E-state index in [1.807, 2.05) is 27.7 Å². The predicted octanol–water partition coefficient (Wildman–Crippen LogP) is -3.54. The highest BCUT2D eigenvalue weighted by atomic mass is 16.2. The summed E-state index contributed by atoms with van der Waals surface area (Å²) in [5.74, 6) is -2.24. The predicted molar refractivity (Wildman–Crippen MR) is 193 cm³/mol. The van der Waals surface area contributed by atoms with Gasteiger partial charge in [0.25, 0.3) is 0 Å². The number of nitrogens with zero attached hydrogens (tertiary/aromatic N) is 3. The lowest BCUT2D eigenvalue weighted by Gasteiger charge is -2.28. The van der Waals surface area contributed by atoms with E-state index in [1.165, 1.54) is 0 Å². The maximum atomic E-state index is 13.7. The molecule has 0 aromatic heterocycles. The van der Waals surface area contributed by atoms with Crippen LogP contribution in [0.25, 0.3) is 0 Å². The van der Waals surface area contributed by atoms with Gasteiger partial charge in [-0.15, -0.1) is 0 Å². The topological polar surface area (TPSA) is 362 Å². The van der Waals surface area contributed by atoms with Crippen LogP contribution in [-0.4, -0.2) is 97.9 Å². The van der Waals surface area contributed by atoms with Crippen molar-refractivity contribution in [2.45, 2.75) is 109 Å². The lowest BCUT2D eigenvalue weighted by molar-refractivity contribution is -0.134. The van der Waals surface area contributed by atoms with E-state index < -0.39 is 47.8 Å². The third-order valence-electron chi connectivity index (χ3n) is 7.20. The number of hydrogen-bond donors (Lipinski definition) is 12. The fraction of sp³-hybridized carbons (Fsp3) is 0.767. The van der Waals surface area contributed by atoms with Gasteiger partial charge < -0.3 is 67.1 Å². The number of nitrogens with one attached hydrogen (secondary N) is 4. The zero-order valence-electron chi connectivity index (χ0n) is 29.6. The monoisotopic (exact) mass is 698 g/mol. The fourth-order valence-corrected chi connectivity index (χ4v) is 4.75. The van der Waals surface area contributed by atoms with E-state index in [0.717, 1.165) is 0 Å². The molecule has 20 N–H and O–H groups in total. The lowest BCUT2D eigenvalue weighted by atomic mass is 10.00. The van der Waals surface area contributed by atoms with Crippen molar-refractivity contribution in [1.82, 2.24) is 21.3 Å². The molecule has 0 aliphatic carbocycles. The quantitative estimate of drug-likeness (QED) is 0.0251. The van der Waals surface area contributed by atoms with Crippen LogP contribution in [-0.2, 0) is 19.2 Å². The van der Waals surface area contributed by atoms with Crippen molar-refractivity contribution < 1.29 is 19.2 Å². The summed E-state index contributed by atoms with van der Waals surface area (Å²) in [6, 6.07) is -4.26. The Bertz CT molecular complexity index is 1100. The molecule has 0 fully saturated rings. The van der Waals surface area contributed by atoms with Crippen LogP contribution in [0.2, 0.25) is 0 Å². The molecule has 0 bridgehead atoms. The molecule has 0 aliphatic rings. The minimum atomic E-state index is -1.08. The molecule has 19 nitrogen and oxygen atoms in total. The molecule has 282 valence electrons. The highest BCUT2D eigenvalue weighted by Gasteiger charge is 2.31. The van der Waals surface area contributed by atoms with Gasteiger partial charge in [0, 0.05) is 32.2 Å². The number of carbonyl (C=O) groups is 4. The first-order chi connectivity index (χ1) is 23.0. The second kappa shape index (κ2) is 24.7. The van der Waals surface area contributed by atoms with Crippen LogP contribution in [0.5, 0.6) is 0 Å². The summed E-state index contributed by atoms with van der Waals surface area (Å²) >= 11 is 0. The van der Waals surface area contributed by atoms with E-state index in [0.29, 0.717) is 45.2 Å². The molecule has 4 amide bonds. The van der Waals surface area contributed by atoms with Gasteiger partial charge in [-0.1, -0.05) is 27.7 Å². The number of carbonyl (C=O) groups excluding carboxylic acids is 4. The molecule has 5 atom stereocenters. The Morgan fingerprint density at radius 2 is 0.898 bits per heavy atom. The van der Waals surface area contributed by atoms with Crippen LogP contribution in [0.3, 0.4) is 0 Å². The third kappa shape index (κ3) is 22.0. The number of guanidine groups is 3. The van der Waals surface area contributed by atoms with Crippen molar-refractivity contribution in [2.24, 2.45) is 72.7 Å². The van der Waals surface area contributed by atoms with Gasteiger partial charge in [-0.3, -0.25) is 34.2 Å². The lowest BCUT2D eigenvalue weighted by Crippen LogP contribution is -2.58. The summed E-state index contributed by atoms with van der Waals surface area (Å²) in [4.78, 5) is 65.4. The Hall–Kier alpha value is -4.39. The highest BCUT2D eigenvalue weighted by molar-refractivity contribution is 5.94. The van der Waals surface area contributed by atoms with E-state index in [2.05, 4.69) is 36.2 Å². The smallest absolute Gasteiger partial charge is 0.243 e. The molecule has 5 unspecified atom stereocenters. The summed E-state index contributed by atoms with van der Waals surface area (Å²) in [6.07, 6.45) is 2.94. The molecule has 0 spiro atoms. The minimum Gasteiger partial charge on any atom is -0.370 e.